The van der Waals surface area contributed by atoms with Gasteiger partial charge in [-0.2, -0.15) is 0 Å². The molecule has 0 bridgehead atoms. The fraction of sp³-hybridized carbons (Fsp3) is 0.682. The summed E-state index contributed by atoms with van der Waals surface area (Å²) in [7, 11) is 1.59. The van der Waals surface area contributed by atoms with Crippen molar-refractivity contribution >= 4 is 5.97 Å². The molecule has 0 aromatic heterocycles. The number of methoxy groups -OCH3 is 1. The van der Waals surface area contributed by atoms with Crippen molar-refractivity contribution < 1.29 is 30.0 Å². The van der Waals surface area contributed by atoms with Gasteiger partial charge in [-0.15, -0.1) is 0 Å². The number of carbonyl (C=O) groups is 1. The molecule has 0 radical (unpaired) electrons. The van der Waals surface area contributed by atoms with Gasteiger partial charge in [-0.3, -0.25) is 4.79 Å². The van der Waals surface area contributed by atoms with Crippen molar-refractivity contribution in [3.8, 4) is 5.75 Å². The molecule has 1 aromatic rings. The number of carboxylic acid groups (broad SMARTS) is 1. The van der Waals surface area contributed by atoms with E-state index in [0.717, 1.165) is 31.2 Å². The molecule has 1 aliphatic carbocycles. The molecule has 0 heterocycles. The van der Waals surface area contributed by atoms with Crippen LogP contribution in [0.15, 0.2) is 24.3 Å². The Hall–Kier alpha value is -1.63. The molecule has 0 saturated heterocycles. The zero-order valence-electron chi connectivity index (χ0n) is 16.7. The van der Waals surface area contributed by atoms with Crippen LogP contribution < -0.4 is 4.74 Å². The maximum Gasteiger partial charge on any atom is 0.303 e. The minimum Gasteiger partial charge on any atom is -0.497 e. The molecule has 6 nitrogen and oxygen atoms in total. The normalized spacial score (nSPS) is 25.6. The number of rotatable bonds is 12. The van der Waals surface area contributed by atoms with E-state index in [9.17, 15) is 20.1 Å². The van der Waals surface area contributed by atoms with Gasteiger partial charge in [0.25, 0.3) is 0 Å². The van der Waals surface area contributed by atoms with Gasteiger partial charge in [-0.1, -0.05) is 31.4 Å². The largest absolute Gasteiger partial charge is 0.497 e. The third-order valence-electron chi connectivity index (χ3n) is 5.95. The highest BCUT2D eigenvalue weighted by Crippen LogP contribution is 2.40. The number of hydrogen-bond donors (Lipinski definition) is 4. The lowest BCUT2D eigenvalue weighted by molar-refractivity contribution is -0.137. The number of aliphatic hydroxyl groups excluding tert-OH is 3. The smallest absolute Gasteiger partial charge is 0.303 e. The number of carboxylic acids is 1. The number of aliphatic carboxylic acids is 1. The second-order valence-electron chi connectivity index (χ2n) is 7.91. The minimum atomic E-state index is -0.760. The van der Waals surface area contributed by atoms with E-state index in [1.807, 2.05) is 24.3 Å². The van der Waals surface area contributed by atoms with E-state index < -0.39 is 24.3 Å². The summed E-state index contributed by atoms with van der Waals surface area (Å²) in [5, 5.41) is 39.9. The quantitative estimate of drug-likeness (QED) is 0.405. The zero-order valence-corrected chi connectivity index (χ0v) is 16.7. The van der Waals surface area contributed by atoms with Crippen molar-refractivity contribution in [2.24, 2.45) is 11.8 Å². The van der Waals surface area contributed by atoms with E-state index in [2.05, 4.69) is 0 Å². The summed E-state index contributed by atoms with van der Waals surface area (Å²) in [5.74, 6) is -0.0427. The van der Waals surface area contributed by atoms with Crippen molar-refractivity contribution in [2.45, 2.75) is 76.1 Å². The minimum absolute atomic E-state index is 0.0192. The first-order valence-electron chi connectivity index (χ1n) is 10.3. The molecule has 2 unspecified atom stereocenters. The fourth-order valence-corrected chi connectivity index (χ4v) is 4.36. The molecule has 0 spiro atoms. The topological polar surface area (TPSA) is 107 Å². The molecule has 1 saturated carbocycles. The molecule has 1 fully saturated rings. The van der Waals surface area contributed by atoms with E-state index in [-0.39, 0.29) is 18.3 Å². The van der Waals surface area contributed by atoms with E-state index in [1.54, 1.807) is 7.11 Å². The highest BCUT2D eigenvalue weighted by atomic mass is 16.5. The molecule has 0 aliphatic heterocycles. The Labute approximate surface area is 167 Å². The lowest BCUT2D eigenvalue weighted by atomic mass is 9.84. The Morgan fingerprint density at radius 2 is 1.79 bits per heavy atom. The molecular weight excluding hydrogens is 360 g/mol. The Morgan fingerprint density at radius 3 is 2.46 bits per heavy atom. The zero-order chi connectivity index (χ0) is 20.5. The highest BCUT2D eigenvalue weighted by Gasteiger charge is 2.40. The van der Waals surface area contributed by atoms with Crippen molar-refractivity contribution in [2.75, 3.05) is 7.11 Å². The van der Waals surface area contributed by atoms with Crippen LogP contribution in [0.5, 0.6) is 5.75 Å². The van der Waals surface area contributed by atoms with Crippen LogP contribution in [-0.4, -0.2) is 45.7 Å². The van der Waals surface area contributed by atoms with Crippen molar-refractivity contribution in [3.05, 3.63) is 29.8 Å². The van der Waals surface area contributed by atoms with Crippen LogP contribution >= 0.6 is 0 Å². The summed E-state index contributed by atoms with van der Waals surface area (Å²) in [6.45, 7) is 0. The van der Waals surface area contributed by atoms with Gasteiger partial charge in [-0.25, -0.2) is 0 Å². The first-order valence-corrected chi connectivity index (χ1v) is 10.3. The van der Waals surface area contributed by atoms with Gasteiger partial charge in [0.05, 0.1) is 25.4 Å². The van der Waals surface area contributed by atoms with E-state index >= 15 is 0 Å². The maximum absolute atomic E-state index is 10.5. The summed E-state index contributed by atoms with van der Waals surface area (Å²) in [6.07, 6.45) is 4.34. The number of ether oxygens (including phenoxy) is 1. The third kappa shape index (κ3) is 6.76. The van der Waals surface area contributed by atoms with Gasteiger partial charge in [0, 0.05) is 6.42 Å². The molecular formula is C22H34O6. The number of benzene rings is 1. The van der Waals surface area contributed by atoms with Crippen LogP contribution in [0.2, 0.25) is 0 Å². The second kappa shape index (κ2) is 11.4. The van der Waals surface area contributed by atoms with Gasteiger partial charge in [0.1, 0.15) is 5.75 Å². The first-order chi connectivity index (χ1) is 13.4. The van der Waals surface area contributed by atoms with Gasteiger partial charge in [-0.05, 0) is 61.6 Å². The third-order valence-corrected chi connectivity index (χ3v) is 5.95. The summed E-state index contributed by atoms with van der Waals surface area (Å²) in [5.41, 5.74) is 0.794. The molecule has 4 N–H and O–H groups in total. The Kier molecular flexibility index (Phi) is 9.22. The van der Waals surface area contributed by atoms with Gasteiger partial charge in [0.2, 0.25) is 0 Å². The van der Waals surface area contributed by atoms with Crippen molar-refractivity contribution in [1.29, 1.82) is 0 Å². The number of unbranched alkanes of at least 4 members (excludes halogenated alkanes) is 3. The average molecular weight is 395 g/mol. The molecule has 158 valence electrons. The molecule has 5 atom stereocenters. The molecule has 1 aromatic carbocycles. The Balaban J connectivity index is 1.81. The predicted octanol–water partition coefficient (Wildman–Crippen LogP) is 3.29. The summed E-state index contributed by atoms with van der Waals surface area (Å²) in [6, 6.07) is 7.36. The summed E-state index contributed by atoms with van der Waals surface area (Å²) < 4.78 is 5.20. The number of aliphatic hydroxyl groups is 3. The molecule has 28 heavy (non-hydrogen) atoms. The predicted molar refractivity (Wildman–Crippen MR) is 106 cm³/mol. The molecule has 6 heteroatoms. The van der Waals surface area contributed by atoms with Crippen LogP contribution in [-0.2, 0) is 4.79 Å². The van der Waals surface area contributed by atoms with Gasteiger partial charge < -0.3 is 25.2 Å². The van der Waals surface area contributed by atoms with Crippen LogP contribution in [0.4, 0.5) is 0 Å². The number of hydrogen-bond acceptors (Lipinski definition) is 5. The van der Waals surface area contributed by atoms with Crippen LogP contribution in [0, 0.1) is 11.8 Å². The SMILES string of the molecule is COc1cccc(C(O)CC[C@@H]2C(CCCCCCC(=O)O)[C@@H](O)C[C@H]2O)c1. The maximum atomic E-state index is 10.5. The summed E-state index contributed by atoms with van der Waals surface area (Å²) in [4.78, 5) is 10.5. The molecule has 0 amide bonds. The van der Waals surface area contributed by atoms with E-state index in [1.165, 1.54) is 0 Å². The van der Waals surface area contributed by atoms with E-state index in [0.29, 0.717) is 31.4 Å². The van der Waals surface area contributed by atoms with Gasteiger partial charge >= 0.3 is 5.97 Å². The molecule has 2 rings (SSSR count). The second-order valence-corrected chi connectivity index (χ2v) is 7.91. The highest BCUT2D eigenvalue weighted by molar-refractivity contribution is 5.66. The van der Waals surface area contributed by atoms with Crippen LogP contribution in [0.1, 0.15) is 69.5 Å². The molecule has 1 aliphatic rings. The van der Waals surface area contributed by atoms with Crippen molar-refractivity contribution in [3.63, 3.8) is 0 Å². The Bertz CT molecular complexity index is 604. The monoisotopic (exact) mass is 394 g/mol. The van der Waals surface area contributed by atoms with Gasteiger partial charge in [0.15, 0.2) is 0 Å². The van der Waals surface area contributed by atoms with E-state index in [4.69, 9.17) is 9.84 Å². The first kappa shape index (κ1) is 22.7. The Morgan fingerprint density at radius 1 is 1.11 bits per heavy atom. The lowest BCUT2D eigenvalue weighted by Gasteiger charge is -2.25. The average Bonchev–Trinajstić information content (AvgIpc) is 2.95. The standard InChI is InChI=1S/C22H34O6/c1-28-16-8-6-7-15(13-16)19(23)12-11-18-17(20(24)14-21(18)25)9-4-2-3-5-10-22(26)27/h6-8,13,17-21,23-25H,2-5,9-12,14H2,1H3,(H,26,27)/t17?,18-,19?,20+,21-/m1/s1. The lowest BCUT2D eigenvalue weighted by Crippen LogP contribution is -2.23. The van der Waals surface area contributed by atoms with Crippen LogP contribution in [0.3, 0.4) is 0 Å². The fourth-order valence-electron chi connectivity index (χ4n) is 4.36. The van der Waals surface area contributed by atoms with Crippen LogP contribution in [0.25, 0.3) is 0 Å². The summed E-state index contributed by atoms with van der Waals surface area (Å²) >= 11 is 0. The van der Waals surface area contributed by atoms with Crippen molar-refractivity contribution in [1.82, 2.24) is 0 Å².